The van der Waals surface area contributed by atoms with E-state index in [1.165, 1.54) is 25.8 Å². The molecule has 0 aromatic rings. The van der Waals surface area contributed by atoms with Gasteiger partial charge in [-0.05, 0) is 19.3 Å². The Labute approximate surface area is 86.8 Å². The molecule has 1 aliphatic carbocycles. The Balaban J connectivity index is 1.71. The van der Waals surface area contributed by atoms with Gasteiger partial charge in [0.15, 0.2) is 0 Å². The van der Waals surface area contributed by atoms with E-state index in [-0.39, 0.29) is 0 Å². The van der Waals surface area contributed by atoms with Gasteiger partial charge < -0.3 is 10.1 Å². The van der Waals surface area contributed by atoms with E-state index in [1.807, 2.05) is 0 Å². The molecule has 14 heavy (non-hydrogen) atoms. The molecule has 1 saturated carbocycles. The summed E-state index contributed by atoms with van der Waals surface area (Å²) in [4.78, 5) is 2.57. The first-order valence-corrected chi connectivity index (χ1v) is 5.95. The number of hydrogen-bond donors (Lipinski definition) is 1. The van der Waals surface area contributed by atoms with Crippen LogP contribution in [-0.4, -0.2) is 49.8 Å². The van der Waals surface area contributed by atoms with Crippen LogP contribution < -0.4 is 5.32 Å². The van der Waals surface area contributed by atoms with Crippen molar-refractivity contribution in [1.29, 1.82) is 0 Å². The predicted molar refractivity (Wildman–Crippen MR) is 57.5 cm³/mol. The van der Waals surface area contributed by atoms with Gasteiger partial charge >= 0.3 is 0 Å². The maximum Gasteiger partial charge on any atom is 0.0594 e. The van der Waals surface area contributed by atoms with Crippen molar-refractivity contribution in [3.8, 4) is 0 Å². The zero-order valence-corrected chi connectivity index (χ0v) is 9.17. The quantitative estimate of drug-likeness (QED) is 0.709. The van der Waals surface area contributed by atoms with Gasteiger partial charge in [0.25, 0.3) is 0 Å². The molecule has 0 spiro atoms. The van der Waals surface area contributed by atoms with Crippen molar-refractivity contribution in [2.45, 2.75) is 38.3 Å². The molecule has 0 aromatic carbocycles. The maximum atomic E-state index is 5.37. The highest BCUT2D eigenvalue weighted by atomic mass is 16.5. The standard InChI is InChI=1S/C11H22N2O/c1-2-11(9-12-10-3-4-10)13-5-7-14-8-6-13/h10-12H,2-9H2,1H3. The Kier molecular flexibility index (Phi) is 3.79. The second-order valence-electron chi connectivity index (χ2n) is 4.39. The van der Waals surface area contributed by atoms with Crippen LogP contribution in [0.15, 0.2) is 0 Å². The van der Waals surface area contributed by atoms with Crippen molar-refractivity contribution >= 4 is 0 Å². The van der Waals surface area contributed by atoms with Gasteiger partial charge in [0.2, 0.25) is 0 Å². The van der Waals surface area contributed by atoms with Crippen LogP contribution in [0.3, 0.4) is 0 Å². The lowest BCUT2D eigenvalue weighted by molar-refractivity contribution is 0.0158. The Morgan fingerprint density at radius 1 is 1.36 bits per heavy atom. The van der Waals surface area contributed by atoms with Gasteiger partial charge in [-0.1, -0.05) is 6.92 Å². The molecule has 1 aliphatic heterocycles. The van der Waals surface area contributed by atoms with Gasteiger partial charge in [-0.15, -0.1) is 0 Å². The molecule has 0 bridgehead atoms. The van der Waals surface area contributed by atoms with Crippen LogP contribution in [0.5, 0.6) is 0 Å². The van der Waals surface area contributed by atoms with Crippen molar-refractivity contribution < 1.29 is 4.74 Å². The summed E-state index contributed by atoms with van der Waals surface area (Å²) in [6, 6.07) is 1.56. The molecule has 2 aliphatic rings. The summed E-state index contributed by atoms with van der Waals surface area (Å²) in [5.74, 6) is 0. The molecule has 0 radical (unpaired) electrons. The summed E-state index contributed by atoms with van der Waals surface area (Å²) in [7, 11) is 0. The number of hydrogen-bond acceptors (Lipinski definition) is 3. The predicted octanol–water partition coefficient (Wildman–Crippen LogP) is 0.849. The van der Waals surface area contributed by atoms with Crippen molar-refractivity contribution in [1.82, 2.24) is 10.2 Å². The summed E-state index contributed by atoms with van der Waals surface area (Å²) >= 11 is 0. The lowest BCUT2D eigenvalue weighted by Gasteiger charge is -2.34. The molecule has 0 aromatic heterocycles. The lowest BCUT2D eigenvalue weighted by atomic mass is 10.1. The Bertz CT molecular complexity index is 165. The minimum Gasteiger partial charge on any atom is -0.379 e. The molecule has 3 heteroatoms. The van der Waals surface area contributed by atoms with Crippen molar-refractivity contribution in [3.63, 3.8) is 0 Å². The molecule has 82 valence electrons. The molecule has 1 heterocycles. The molecule has 1 N–H and O–H groups in total. The lowest BCUT2D eigenvalue weighted by Crippen LogP contribution is -2.47. The molecule has 2 rings (SSSR count). The molecule has 1 atom stereocenters. The van der Waals surface area contributed by atoms with Crippen LogP contribution in [0.2, 0.25) is 0 Å². The summed E-state index contributed by atoms with van der Waals surface area (Å²) < 4.78 is 5.37. The maximum absolute atomic E-state index is 5.37. The summed E-state index contributed by atoms with van der Waals surface area (Å²) in [6.45, 7) is 7.52. The van der Waals surface area contributed by atoms with E-state index < -0.39 is 0 Å². The van der Waals surface area contributed by atoms with Crippen LogP contribution in [-0.2, 0) is 4.74 Å². The first kappa shape index (κ1) is 10.4. The number of nitrogens with zero attached hydrogens (tertiary/aromatic N) is 1. The highest BCUT2D eigenvalue weighted by molar-refractivity contribution is 4.84. The van der Waals surface area contributed by atoms with Crippen molar-refractivity contribution in [3.05, 3.63) is 0 Å². The minimum atomic E-state index is 0.722. The SMILES string of the molecule is CCC(CNC1CC1)N1CCOCC1. The van der Waals surface area contributed by atoms with E-state index in [2.05, 4.69) is 17.1 Å². The van der Waals surface area contributed by atoms with E-state index in [4.69, 9.17) is 4.74 Å². The third kappa shape index (κ3) is 2.94. The molecule has 1 unspecified atom stereocenters. The fraction of sp³-hybridized carbons (Fsp3) is 1.00. The molecule has 2 fully saturated rings. The molecular weight excluding hydrogens is 176 g/mol. The highest BCUT2D eigenvalue weighted by Crippen LogP contribution is 2.19. The number of rotatable bonds is 5. The monoisotopic (exact) mass is 198 g/mol. The van der Waals surface area contributed by atoms with Crippen LogP contribution in [0.1, 0.15) is 26.2 Å². The Morgan fingerprint density at radius 2 is 2.07 bits per heavy atom. The fourth-order valence-electron chi connectivity index (χ4n) is 2.06. The Hall–Kier alpha value is -0.120. The van der Waals surface area contributed by atoms with Crippen LogP contribution in [0.25, 0.3) is 0 Å². The van der Waals surface area contributed by atoms with Gasteiger partial charge in [-0.25, -0.2) is 0 Å². The topological polar surface area (TPSA) is 24.5 Å². The van der Waals surface area contributed by atoms with Crippen LogP contribution in [0, 0.1) is 0 Å². The first-order chi connectivity index (χ1) is 6.90. The largest absolute Gasteiger partial charge is 0.379 e. The average Bonchev–Trinajstić information content (AvgIpc) is 3.04. The number of nitrogens with one attached hydrogen (secondary N) is 1. The van der Waals surface area contributed by atoms with E-state index in [9.17, 15) is 0 Å². The molecular formula is C11H22N2O. The van der Waals surface area contributed by atoms with E-state index in [0.29, 0.717) is 0 Å². The fourth-order valence-corrected chi connectivity index (χ4v) is 2.06. The first-order valence-electron chi connectivity index (χ1n) is 5.95. The van der Waals surface area contributed by atoms with Gasteiger partial charge in [0.05, 0.1) is 13.2 Å². The van der Waals surface area contributed by atoms with Gasteiger partial charge in [-0.2, -0.15) is 0 Å². The number of ether oxygens (including phenoxy) is 1. The molecule has 1 saturated heterocycles. The van der Waals surface area contributed by atoms with E-state index in [1.54, 1.807) is 0 Å². The van der Waals surface area contributed by atoms with Crippen LogP contribution >= 0.6 is 0 Å². The summed E-state index contributed by atoms with van der Waals surface area (Å²) in [5.41, 5.74) is 0. The second kappa shape index (κ2) is 5.10. The normalized spacial score (nSPS) is 26.4. The van der Waals surface area contributed by atoms with Crippen LogP contribution in [0.4, 0.5) is 0 Å². The minimum absolute atomic E-state index is 0.722. The number of morpholine rings is 1. The average molecular weight is 198 g/mol. The van der Waals surface area contributed by atoms with Gasteiger partial charge in [0.1, 0.15) is 0 Å². The van der Waals surface area contributed by atoms with Gasteiger partial charge in [0, 0.05) is 31.7 Å². The zero-order chi connectivity index (χ0) is 9.80. The highest BCUT2D eigenvalue weighted by Gasteiger charge is 2.24. The third-order valence-electron chi connectivity index (χ3n) is 3.25. The van der Waals surface area contributed by atoms with E-state index >= 15 is 0 Å². The molecule has 3 nitrogen and oxygen atoms in total. The zero-order valence-electron chi connectivity index (χ0n) is 9.17. The van der Waals surface area contributed by atoms with E-state index in [0.717, 1.165) is 38.4 Å². The Morgan fingerprint density at radius 3 is 2.64 bits per heavy atom. The molecule has 0 amide bonds. The second-order valence-corrected chi connectivity index (χ2v) is 4.39. The third-order valence-corrected chi connectivity index (χ3v) is 3.25. The van der Waals surface area contributed by atoms with Gasteiger partial charge in [-0.3, -0.25) is 4.90 Å². The smallest absolute Gasteiger partial charge is 0.0594 e. The van der Waals surface area contributed by atoms with Crippen molar-refractivity contribution in [2.75, 3.05) is 32.8 Å². The summed E-state index contributed by atoms with van der Waals surface area (Å²) in [5, 5.41) is 3.62. The van der Waals surface area contributed by atoms with Crippen molar-refractivity contribution in [2.24, 2.45) is 0 Å². The summed E-state index contributed by atoms with van der Waals surface area (Å²) in [6.07, 6.45) is 4.03.